The van der Waals surface area contributed by atoms with Crippen LogP contribution in [0, 0.1) is 5.92 Å². The third-order valence-electron chi connectivity index (χ3n) is 4.11. The number of carbonyl (C=O) groups excluding carboxylic acids is 1. The molecule has 0 saturated carbocycles. The van der Waals surface area contributed by atoms with Crippen LogP contribution < -0.4 is 0 Å². The van der Waals surface area contributed by atoms with Gasteiger partial charge in [-0.15, -0.1) is 0 Å². The fraction of sp³-hybridized carbons (Fsp3) is 0.136. The number of hydrogen-bond donors (Lipinski definition) is 1. The van der Waals surface area contributed by atoms with Crippen molar-refractivity contribution in [2.75, 3.05) is 0 Å². The van der Waals surface area contributed by atoms with E-state index in [1.807, 2.05) is 50.2 Å². The Bertz CT molecular complexity index is 827. The molecule has 0 spiro atoms. The quantitative estimate of drug-likeness (QED) is 0.639. The molecule has 24 heavy (non-hydrogen) atoms. The van der Waals surface area contributed by atoms with Gasteiger partial charge in [-0.25, -0.2) is 0 Å². The van der Waals surface area contributed by atoms with Crippen molar-refractivity contribution in [1.29, 1.82) is 0 Å². The van der Waals surface area contributed by atoms with Crippen molar-refractivity contribution in [3.8, 4) is 28.0 Å². The second kappa shape index (κ2) is 6.71. The molecule has 0 aliphatic carbocycles. The van der Waals surface area contributed by atoms with Crippen molar-refractivity contribution in [2.45, 2.75) is 13.8 Å². The first kappa shape index (κ1) is 16.0. The Morgan fingerprint density at radius 2 is 1.00 bits per heavy atom. The van der Waals surface area contributed by atoms with Crippen molar-refractivity contribution in [3.63, 3.8) is 0 Å². The summed E-state index contributed by atoms with van der Waals surface area (Å²) in [6.45, 7) is 3.83. The van der Waals surface area contributed by atoms with E-state index in [9.17, 15) is 9.90 Å². The number of phenols is 1. The zero-order chi connectivity index (χ0) is 17.1. The molecule has 120 valence electrons. The summed E-state index contributed by atoms with van der Waals surface area (Å²) in [5.41, 5.74) is 5.13. The van der Waals surface area contributed by atoms with Crippen LogP contribution in [0.25, 0.3) is 22.3 Å². The normalized spacial score (nSPS) is 10.8. The molecule has 0 radical (unpaired) electrons. The number of rotatable bonds is 4. The summed E-state index contributed by atoms with van der Waals surface area (Å²) < 4.78 is 0. The molecule has 0 heterocycles. The molecule has 0 amide bonds. The van der Waals surface area contributed by atoms with Crippen molar-refractivity contribution in [1.82, 2.24) is 0 Å². The number of hydrogen-bond acceptors (Lipinski definition) is 2. The van der Waals surface area contributed by atoms with Crippen LogP contribution in [0.4, 0.5) is 0 Å². The maximum absolute atomic E-state index is 12.0. The zero-order valence-corrected chi connectivity index (χ0v) is 13.9. The zero-order valence-electron chi connectivity index (χ0n) is 13.9. The average Bonchev–Trinajstić information content (AvgIpc) is 2.62. The fourth-order valence-corrected chi connectivity index (χ4v) is 2.67. The van der Waals surface area contributed by atoms with Crippen LogP contribution in [0.15, 0.2) is 72.8 Å². The van der Waals surface area contributed by atoms with E-state index in [2.05, 4.69) is 24.3 Å². The second-order valence-electron chi connectivity index (χ2n) is 6.22. The van der Waals surface area contributed by atoms with E-state index >= 15 is 0 Å². The van der Waals surface area contributed by atoms with Crippen molar-refractivity contribution in [2.24, 2.45) is 5.92 Å². The van der Waals surface area contributed by atoms with Gasteiger partial charge in [-0.1, -0.05) is 74.5 Å². The van der Waals surface area contributed by atoms with Gasteiger partial charge in [0.05, 0.1) is 0 Å². The molecule has 3 aromatic carbocycles. The van der Waals surface area contributed by atoms with Gasteiger partial charge >= 0.3 is 0 Å². The fourth-order valence-electron chi connectivity index (χ4n) is 2.67. The van der Waals surface area contributed by atoms with Crippen molar-refractivity contribution in [3.05, 3.63) is 78.4 Å². The predicted octanol–water partition coefficient (Wildman–Crippen LogP) is 5.56. The molecular weight excluding hydrogens is 296 g/mol. The number of aromatic hydroxyl groups is 1. The van der Waals surface area contributed by atoms with Gasteiger partial charge in [0, 0.05) is 11.5 Å². The summed E-state index contributed by atoms with van der Waals surface area (Å²) in [6, 6.07) is 23.2. The molecule has 0 unspecified atom stereocenters. The Morgan fingerprint density at radius 1 is 0.667 bits per heavy atom. The predicted molar refractivity (Wildman–Crippen MR) is 98.1 cm³/mol. The van der Waals surface area contributed by atoms with E-state index in [0.717, 1.165) is 27.8 Å². The minimum absolute atomic E-state index is 0.0143. The van der Waals surface area contributed by atoms with E-state index in [-0.39, 0.29) is 17.5 Å². The molecule has 0 aromatic heterocycles. The molecule has 0 aliphatic rings. The van der Waals surface area contributed by atoms with Crippen molar-refractivity contribution >= 4 is 5.78 Å². The van der Waals surface area contributed by atoms with E-state index in [1.54, 1.807) is 12.1 Å². The number of phenolic OH excluding ortho intramolecular Hbond substituents is 1. The Hall–Kier alpha value is -2.87. The Kier molecular flexibility index (Phi) is 4.48. The molecule has 2 nitrogen and oxygen atoms in total. The highest BCUT2D eigenvalue weighted by molar-refractivity contribution is 5.97. The summed E-state index contributed by atoms with van der Waals surface area (Å²) in [5.74, 6) is 0.455. The van der Waals surface area contributed by atoms with E-state index < -0.39 is 0 Å². The number of carbonyl (C=O) groups is 1. The van der Waals surface area contributed by atoms with E-state index in [0.29, 0.717) is 0 Å². The van der Waals surface area contributed by atoms with Gasteiger partial charge in [-0.3, -0.25) is 4.79 Å². The second-order valence-corrected chi connectivity index (χ2v) is 6.22. The smallest absolute Gasteiger partial charge is 0.165 e. The topological polar surface area (TPSA) is 37.3 Å². The van der Waals surface area contributed by atoms with Gasteiger partial charge in [-0.05, 0) is 34.4 Å². The SMILES string of the molecule is CC(C)C(=O)c1ccc(-c2ccc(-c3ccc(O)cc3)cc2)cc1. The first-order valence-corrected chi connectivity index (χ1v) is 8.09. The lowest BCUT2D eigenvalue weighted by Crippen LogP contribution is -2.06. The summed E-state index contributed by atoms with van der Waals surface area (Å²) in [6.07, 6.45) is 0. The minimum atomic E-state index is 0.0143. The van der Waals surface area contributed by atoms with E-state index in [1.165, 1.54) is 0 Å². The molecule has 2 heteroatoms. The standard InChI is InChI=1S/C22H20O2/c1-15(2)22(24)20-9-7-18(8-10-20)16-3-5-17(6-4-16)19-11-13-21(23)14-12-19/h3-15,23H,1-2H3. The minimum Gasteiger partial charge on any atom is -0.508 e. The first-order chi connectivity index (χ1) is 11.5. The number of Topliss-reactive ketones (excluding diaryl/α,β-unsaturated/α-hetero) is 1. The van der Waals surface area contributed by atoms with Crippen LogP contribution in [0.1, 0.15) is 24.2 Å². The third-order valence-corrected chi connectivity index (χ3v) is 4.11. The molecule has 3 aromatic rings. The van der Waals surface area contributed by atoms with Gasteiger partial charge < -0.3 is 5.11 Å². The molecule has 0 atom stereocenters. The highest BCUT2D eigenvalue weighted by Crippen LogP contribution is 2.26. The van der Waals surface area contributed by atoms with Crippen LogP contribution in [0.2, 0.25) is 0 Å². The highest BCUT2D eigenvalue weighted by atomic mass is 16.3. The first-order valence-electron chi connectivity index (χ1n) is 8.09. The van der Waals surface area contributed by atoms with Gasteiger partial charge in [0.2, 0.25) is 0 Å². The molecule has 0 bridgehead atoms. The molecule has 1 N–H and O–H groups in total. The van der Waals surface area contributed by atoms with Crippen LogP contribution >= 0.6 is 0 Å². The Balaban J connectivity index is 1.83. The van der Waals surface area contributed by atoms with Crippen LogP contribution in [-0.4, -0.2) is 10.9 Å². The Labute approximate surface area is 142 Å². The molecule has 3 rings (SSSR count). The van der Waals surface area contributed by atoms with Crippen LogP contribution in [-0.2, 0) is 0 Å². The lowest BCUT2D eigenvalue weighted by atomic mass is 9.97. The lowest BCUT2D eigenvalue weighted by Gasteiger charge is -2.07. The third kappa shape index (κ3) is 3.38. The number of ketones is 1. The maximum Gasteiger partial charge on any atom is 0.165 e. The van der Waals surface area contributed by atoms with Crippen LogP contribution in [0.3, 0.4) is 0 Å². The van der Waals surface area contributed by atoms with Gasteiger partial charge in [0.15, 0.2) is 5.78 Å². The van der Waals surface area contributed by atoms with Crippen LogP contribution in [0.5, 0.6) is 5.75 Å². The highest BCUT2D eigenvalue weighted by Gasteiger charge is 2.10. The summed E-state index contributed by atoms with van der Waals surface area (Å²) in [7, 11) is 0. The maximum atomic E-state index is 12.0. The van der Waals surface area contributed by atoms with Crippen molar-refractivity contribution < 1.29 is 9.90 Å². The largest absolute Gasteiger partial charge is 0.508 e. The monoisotopic (exact) mass is 316 g/mol. The van der Waals surface area contributed by atoms with Gasteiger partial charge in [0.1, 0.15) is 5.75 Å². The molecular formula is C22H20O2. The van der Waals surface area contributed by atoms with Gasteiger partial charge in [-0.2, -0.15) is 0 Å². The molecule has 0 saturated heterocycles. The Morgan fingerprint density at radius 3 is 1.38 bits per heavy atom. The lowest BCUT2D eigenvalue weighted by molar-refractivity contribution is 0.0939. The summed E-state index contributed by atoms with van der Waals surface area (Å²) in [5, 5.41) is 9.37. The van der Waals surface area contributed by atoms with E-state index in [4.69, 9.17) is 0 Å². The van der Waals surface area contributed by atoms with Gasteiger partial charge in [0.25, 0.3) is 0 Å². The average molecular weight is 316 g/mol. The molecule has 0 aliphatic heterocycles. The summed E-state index contributed by atoms with van der Waals surface area (Å²) in [4.78, 5) is 12.0. The number of benzene rings is 3. The molecule has 0 fully saturated rings. The summed E-state index contributed by atoms with van der Waals surface area (Å²) >= 11 is 0.